The van der Waals surface area contributed by atoms with Crippen molar-refractivity contribution in [3.8, 4) is 0 Å². The number of hydrogen-bond donors (Lipinski definition) is 4. The fourth-order valence-electron chi connectivity index (χ4n) is 10.4. The second-order valence-electron chi connectivity index (χ2n) is 18.8. The third-order valence-electron chi connectivity index (χ3n) is 14.1. The zero-order valence-electron chi connectivity index (χ0n) is 37.5. The first-order valence-corrected chi connectivity index (χ1v) is 23.7. The first-order valence-electron chi connectivity index (χ1n) is 22.8. The first kappa shape index (κ1) is 45.0. The normalized spacial score (nSPS) is 21.2. The van der Waals surface area contributed by atoms with Gasteiger partial charge in [-0.3, -0.25) is 34.6 Å². The Morgan fingerprint density at radius 1 is 1.04 bits per heavy atom. The van der Waals surface area contributed by atoms with Crippen LogP contribution in [0.1, 0.15) is 84.4 Å². The zero-order chi connectivity index (χ0) is 47.5. The van der Waals surface area contributed by atoms with Crippen molar-refractivity contribution >= 4 is 68.8 Å². The minimum atomic E-state index is -1.21. The molecule has 0 bridgehead atoms. The molecule has 20 heteroatoms. The number of thiazole rings is 1. The Hall–Kier alpha value is -6.80. The fourth-order valence-corrected chi connectivity index (χ4v) is 10.9. The molecular weight excluding hydrogens is 897 g/mol. The highest BCUT2D eigenvalue weighted by Gasteiger charge is 2.54. The lowest BCUT2D eigenvalue weighted by molar-refractivity contribution is -0.158. The fraction of sp³-hybridized carbons (Fsp3) is 0.417. The number of amidine groups is 1. The van der Waals surface area contributed by atoms with Gasteiger partial charge in [-0.15, -0.1) is 11.3 Å². The van der Waals surface area contributed by atoms with Gasteiger partial charge in [0.1, 0.15) is 23.5 Å². The molecule has 17 nitrogen and oxygen atoms in total. The van der Waals surface area contributed by atoms with Crippen LogP contribution in [0.15, 0.2) is 72.1 Å². The summed E-state index contributed by atoms with van der Waals surface area (Å²) in [6.45, 7) is 9.53. The van der Waals surface area contributed by atoms with Crippen LogP contribution < -0.4 is 20.9 Å². The molecule has 2 aromatic heterocycles. The molecule has 6 aliphatic rings. The van der Waals surface area contributed by atoms with E-state index in [1.807, 2.05) is 9.47 Å². The Bertz CT molecular complexity index is 2790. The lowest BCUT2D eigenvalue weighted by Gasteiger charge is -2.61. The summed E-state index contributed by atoms with van der Waals surface area (Å²) in [7, 11) is 0. The van der Waals surface area contributed by atoms with Crippen molar-refractivity contribution in [3.63, 3.8) is 0 Å². The van der Waals surface area contributed by atoms with Crippen LogP contribution in [-0.4, -0.2) is 121 Å². The van der Waals surface area contributed by atoms with Crippen LogP contribution in [0.25, 0.3) is 5.57 Å². The number of aromatic nitrogens is 3. The molecule has 5 amide bonds. The number of likely N-dealkylation sites (tertiary alicyclic amines) is 2. The molecule has 1 spiro atoms. The van der Waals surface area contributed by atoms with Crippen molar-refractivity contribution in [2.75, 3.05) is 54.8 Å². The Balaban J connectivity index is 0.723. The van der Waals surface area contributed by atoms with Gasteiger partial charge in [0.2, 0.25) is 17.7 Å². The predicted molar refractivity (Wildman–Crippen MR) is 249 cm³/mol. The second kappa shape index (κ2) is 17.7. The molecule has 0 radical (unpaired) electrons. The van der Waals surface area contributed by atoms with Crippen molar-refractivity contribution in [1.29, 1.82) is 0 Å². The summed E-state index contributed by atoms with van der Waals surface area (Å²) in [5, 5.41) is 21.7. The maximum Gasteiger partial charge on any atom is 0.255 e. The number of nitrogens with one attached hydrogen (secondary N) is 3. The van der Waals surface area contributed by atoms with E-state index in [9.17, 15) is 29.1 Å². The number of aliphatic hydroxyl groups is 1. The van der Waals surface area contributed by atoms with Gasteiger partial charge in [0.05, 0.1) is 36.3 Å². The predicted octanol–water partition coefficient (Wildman–Crippen LogP) is 4.63. The summed E-state index contributed by atoms with van der Waals surface area (Å²) in [6.07, 6.45) is 9.23. The highest BCUT2D eigenvalue weighted by molar-refractivity contribution is 7.13. The van der Waals surface area contributed by atoms with E-state index < -0.39 is 47.0 Å². The van der Waals surface area contributed by atoms with Crippen LogP contribution >= 0.6 is 11.3 Å². The third-order valence-corrected chi connectivity index (χ3v) is 14.8. The summed E-state index contributed by atoms with van der Waals surface area (Å²) in [4.78, 5) is 85.5. The molecule has 354 valence electrons. The number of imide groups is 1. The van der Waals surface area contributed by atoms with E-state index in [0.29, 0.717) is 104 Å². The molecule has 2 aromatic carbocycles. The van der Waals surface area contributed by atoms with E-state index >= 15 is 8.78 Å². The van der Waals surface area contributed by atoms with E-state index in [2.05, 4.69) is 42.4 Å². The first-order chi connectivity index (χ1) is 32.7. The smallest absolute Gasteiger partial charge is 0.255 e. The van der Waals surface area contributed by atoms with Crippen molar-refractivity contribution in [3.05, 3.63) is 107 Å². The number of rotatable bonds is 12. The molecule has 4 saturated heterocycles. The molecule has 68 heavy (non-hydrogen) atoms. The molecule has 0 saturated carbocycles. The number of fused-ring (bicyclic) bond motifs is 2. The van der Waals surface area contributed by atoms with Crippen LogP contribution in [0.2, 0.25) is 0 Å². The Kier molecular flexibility index (Phi) is 11.7. The van der Waals surface area contributed by atoms with Crippen LogP contribution in [0.3, 0.4) is 0 Å². The van der Waals surface area contributed by atoms with E-state index in [1.54, 1.807) is 60.2 Å². The van der Waals surface area contributed by atoms with Gasteiger partial charge in [0, 0.05) is 97.9 Å². The van der Waals surface area contributed by atoms with Gasteiger partial charge >= 0.3 is 0 Å². The lowest BCUT2D eigenvalue weighted by atomic mass is 9.72. The lowest BCUT2D eigenvalue weighted by Crippen LogP contribution is -2.73. The number of hydrogen-bond acceptors (Lipinski definition) is 12. The van der Waals surface area contributed by atoms with Crippen molar-refractivity contribution in [2.24, 2.45) is 10.4 Å². The summed E-state index contributed by atoms with van der Waals surface area (Å²) in [5.41, 5.74) is 2.31. The topological polar surface area (TPSA) is 198 Å². The average molecular weight is 948 g/mol. The van der Waals surface area contributed by atoms with E-state index in [4.69, 9.17) is 0 Å². The van der Waals surface area contributed by atoms with Gasteiger partial charge in [0.25, 0.3) is 11.8 Å². The van der Waals surface area contributed by atoms with Crippen molar-refractivity contribution in [1.82, 2.24) is 34.6 Å². The number of aryl methyl sites for hydroxylation is 1. The van der Waals surface area contributed by atoms with Gasteiger partial charge in [-0.1, -0.05) is 6.58 Å². The SMILES string of the molecule is C=C/C(=N\C=C(/C)c1cc(F)c2c(c1)C(=O)N(C(C(=O)Nc1nccs1)c1ncn3c1CCC3)C2)N1CC2(CN(C(=O)CC3(O)CCN(c4ccc(N[C@H]5CCC(=O)NC5=O)cc4F)CC3)C2)C1. The number of halogens is 2. The number of piperidine rings is 2. The van der Waals surface area contributed by atoms with Gasteiger partial charge in [-0.25, -0.2) is 23.7 Å². The monoisotopic (exact) mass is 947 g/mol. The van der Waals surface area contributed by atoms with Crippen LogP contribution in [0.5, 0.6) is 0 Å². The Morgan fingerprint density at radius 2 is 1.82 bits per heavy atom. The molecule has 1 unspecified atom stereocenters. The largest absolute Gasteiger partial charge is 0.389 e. The molecule has 0 aliphatic carbocycles. The summed E-state index contributed by atoms with van der Waals surface area (Å²) >= 11 is 1.26. The van der Waals surface area contributed by atoms with Crippen molar-refractivity contribution < 1.29 is 37.9 Å². The summed E-state index contributed by atoms with van der Waals surface area (Å²) in [5.74, 6) is -2.26. The molecule has 10 rings (SSSR count). The highest BCUT2D eigenvalue weighted by atomic mass is 32.1. The maximum atomic E-state index is 15.9. The number of allylic oxidation sites excluding steroid dienone is 1. The highest BCUT2D eigenvalue weighted by Crippen LogP contribution is 2.42. The molecule has 2 atom stereocenters. The molecular formula is C48H51F2N11O6S. The number of amides is 5. The van der Waals surface area contributed by atoms with Gasteiger partial charge in [-0.05, 0) is 86.6 Å². The number of carbonyl (C=O) groups is 5. The maximum absolute atomic E-state index is 15.9. The molecule has 4 fully saturated rings. The Labute approximate surface area is 394 Å². The van der Waals surface area contributed by atoms with Crippen LogP contribution in [0.4, 0.5) is 25.3 Å². The summed E-state index contributed by atoms with van der Waals surface area (Å²) < 4.78 is 33.2. The van der Waals surface area contributed by atoms with Gasteiger partial charge in [0.15, 0.2) is 11.2 Å². The minimum Gasteiger partial charge on any atom is -0.389 e. The van der Waals surface area contributed by atoms with E-state index in [1.165, 1.54) is 28.4 Å². The average Bonchev–Trinajstić information content (AvgIpc) is 4.10. The second-order valence-corrected chi connectivity index (χ2v) is 19.7. The quantitative estimate of drug-likeness (QED) is 0.0879. The number of benzene rings is 2. The molecule has 4 aromatic rings. The Morgan fingerprint density at radius 3 is 2.54 bits per heavy atom. The number of imidazole rings is 1. The zero-order valence-corrected chi connectivity index (χ0v) is 38.3. The molecule has 4 N–H and O–H groups in total. The number of anilines is 3. The minimum absolute atomic E-state index is 0.0240. The van der Waals surface area contributed by atoms with E-state index in [-0.39, 0.29) is 47.7 Å². The molecule has 8 heterocycles. The molecule has 6 aliphatic heterocycles. The van der Waals surface area contributed by atoms with Gasteiger partial charge < -0.3 is 34.6 Å². The van der Waals surface area contributed by atoms with Crippen LogP contribution in [-0.2, 0) is 38.7 Å². The van der Waals surface area contributed by atoms with Gasteiger partial charge in [-0.2, -0.15) is 0 Å². The number of aliphatic imine (C=N–C) groups is 1. The van der Waals surface area contributed by atoms with E-state index in [0.717, 1.165) is 18.7 Å². The van der Waals surface area contributed by atoms with Crippen molar-refractivity contribution in [2.45, 2.75) is 82.6 Å². The number of carbonyl (C=O) groups excluding carboxylic acids is 5. The number of nitrogens with zero attached hydrogens (tertiary/aromatic N) is 8. The van der Waals surface area contributed by atoms with Crippen LogP contribution in [0, 0.1) is 17.0 Å². The summed E-state index contributed by atoms with van der Waals surface area (Å²) in [6, 6.07) is 5.95. The third kappa shape index (κ3) is 8.54. The standard InChI is InChI=1S/C48H51F2N11O6S/c1-3-38(52-21-28(2)29-17-31-32(33(49)18-29)22-61(45(31)66)42(44(65)56-46-51-12-16-68-46)41-37-5-4-13-58(37)27-53-41)59-23-47(24-59)25-60(26-47)40(63)20-48(67)10-14-57(15-11-48)36-8-6-30(19-34(36)50)54-35-7-9-39(62)55-43(35)64/h3,6,8,12,16-19,21,27,35,42,54,67H,1,4-5,7,9-11,13-15,20,22-26H2,2H3,(H,51,56,65)(H,55,62,64)/b28-21+,52-38+/t35-,42?/m0/s1.